The lowest BCUT2D eigenvalue weighted by molar-refractivity contribution is 0.321. The number of pyridine rings is 1. The predicted molar refractivity (Wildman–Crippen MR) is 84.0 cm³/mol. The van der Waals surface area contributed by atoms with E-state index in [-0.39, 0.29) is 6.04 Å². The molecule has 0 radical (unpaired) electrons. The number of ether oxygens (including phenoxy) is 2. The average molecular weight is 286 g/mol. The van der Waals surface area contributed by atoms with Gasteiger partial charge in [-0.05, 0) is 44.7 Å². The molecule has 0 saturated carbocycles. The van der Waals surface area contributed by atoms with Crippen LogP contribution in [0.2, 0.25) is 0 Å². The third-order valence-corrected chi connectivity index (χ3v) is 3.09. The molecule has 0 bridgehead atoms. The van der Waals surface area contributed by atoms with Crippen molar-refractivity contribution in [2.75, 3.05) is 13.2 Å². The van der Waals surface area contributed by atoms with Crippen molar-refractivity contribution in [2.24, 2.45) is 0 Å². The zero-order chi connectivity index (χ0) is 15.1. The van der Waals surface area contributed by atoms with Crippen LogP contribution in [0.5, 0.6) is 17.2 Å². The molecule has 1 aromatic heterocycles. The first-order chi connectivity index (χ1) is 10.2. The molecule has 0 fully saturated rings. The Labute approximate surface area is 126 Å². The van der Waals surface area contributed by atoms with E-state index in [0.29, 0.717) is 18.1 Å². The van der Waals surface area contributed by atoms with Crippen molar-refractivity contribution in [2.45, 2.75) is 26.8 Å². The van der Waals surface area contributed by atoms with Gasteiger partial charge in [-0.15, -0.1) is 0 Å². The van der Waals surface area contributed by atoms with Crippen molar-refractivity contribution in [3.05, 3.63) is 48.3 Å². The van der Waals surface area contributed by atoms with Crippen molar-refractivity contribution in [1.29, 1.82) is 0 Å². The van der Waals surface area contributed by atoms with Gasteiger partial charge < -0.3 is 14.8 Å². The largest absolute Gasteiger partial charge is 0.490 e. The molecule has 0 aliphatic carbocycles. The van der Waals surface area contributed by atoms with E-state index in [9.17, 15) is 0 Å². The summed E-state index contributed by atoms with van der Waals surface area (Å²) in [5, 5.41) is 3.33. The predicted octanol–water partition coefficient (Wildman–Crippen LogP) is 3.94. The van der Waals surface area contributed by atoms with Gasteiger partial charge in [0.25, 0.3) is 0 Å². The molecule has 1 atom stereocenters. The number of nitrogens with zero attached hydrogens (tertiary/aromatic N) is 1. The number of hydrogen-bond acceptors (Lipinski definition) is 4. The maximum absolute atomic E-state index is 5.85. The van der Waals surface area contributed by atoms with Gasteiger partial charge >= 0.3 is 0 Å². The van der Waals surface area contributed by atoms with Crippen LogP contribution in [-0.4, -0.2) is 18.1 Å². The molecule has 2 rings (SSSR count). The third kappa shape index (κ3) is 4.20. The van der Waals surface area contributed by atoms with Crippen LogP contribution in [0, 0.1) is 0 Å². The van der Waals surface area contributed by atoms with Gasteiger partial charge in [0.05, 0.1) is 18.5 Å². The van der Waals surface area contributed by atoms with Crippen LogP contribution >= 0.6 is 0 Å². The quantitative estimate of drug-likeness (QED) is 0.837. The second kappa shape index (κ2) is 7.64. The van der Waals surface area contributed by atoms with E-state index in [1.54, 1.807) is 6.20 Å². The first-order valence-corrected chi connectivity index (χ1v) is 7.33. The van der Waals surface area contributed by atoms with Crippen molar-refractivity contribution in [1.82, 2.24) is 10.3 Å². The molecule has 0 saturated heterocycles. The molecule has 1 aromatic carbocycles. The van der Waals surface area contributed by atoms with Crippen LogP contribution in [0.4, 0.5) is 0 Å². The van der Waals surface area contributed by atoms with E-state index >= 15 is 0 Å². The summed E-state index contributed by atoms with van der Waals surface area (Å²) in [6.45, 7) is 7.66. The van der Waals surface area contributed by atoms with Crippen LogP contribution in [-0.2, 0) is 0 Å². The number of hydrogen-bond donors (Lipinski definition) is 1. The molecule has 0 amide bonds. The highest BCUT2D eigenvalue weighted by atomic mass is 16.5. The van der Waals surface area contributed by atoms with Gasteiger partial charge in [-0.25, -0.2) is 0 Å². The Hall–Kier alpha value is -2.07. The molecule has 4 heteroatoms. The van der Waals surface area contributed by atoms with E-state index in [0.717, 1.165) is 18.0 Å². The van der Waals surface area contributed by atoms with Crippen LogP contribution in [0.15, 0.2) is 42.6 Å². The molecule has 0 aliphatic rings. The highest BCUT2D eigenvalue weighted by Gasteiger charge is 2.08. The van der Waals surface area contributed by atoms with Gasteiger partial charge in [0.15, 0.2) is 11.5 Å². The van der Waals surface area contributed by atoms with E-state index < -0.39 is 0 Å². The SMILES string of the molecule is CCNC(C)c1ccc(Oc2ccccc2OCC)cn1. The summed E-state index contributed by atoms with van der Waals surface area (Å²) in [4.78, 5) is 4.44. The van der Waals surface area contributed by atoms with Gasteiger partial charge in [-0.1, -0.05) is 19.1 Å². The number of aromatic nitrogens is 1. The van der Waals surface area contributed by atoms with Crippen LogP contribution in [0.25, 0.3) is 0 Å². The first kappa shape index (κ1) is 15.3. The van der Waals surface area contributed by atoms with E-state index in [4.69, 9.17) is 9.47 Å². The van der Waals surface area contributed by atoms with Crippen molar-refractivity contribution < 1.29 is 9.47 Å². The summed E-state index contributed by atoms with van der Waals surface area (Å²) in [6, 6.07) is 11.8. The smallest absolute Gasteiger partial charge is 0.169 e. The van der Waals surface area contributed by atoms with Gasteiger partial charge in [-0.3, -0.25) is 4.98 Å². The molecule has 1 N–H and O–H groups in total. The Morgan fingerprint density at radius 2 is 1.86 bits per heavy atom. The maximum Gasteiger partial charge on any atom is 0.169 e. The normalized spacial score (nSPS) is 12.0. The zero-order valence-corrected chi connectivity index (χ0v) is 12.8. The lowest BCUT2D eigenvalue weighted by atomic mass is 10.2. The molecular weight excluding hydrogens is 264 g/mol. The lowest BCUT2D eigenvalue weighted by Gasteiger charge is -2.13. The molecule has 0 spiro atoms. The van der Waals surface area contributed by atoms with E-state index in [1.807, 2.05) is 43.3 Å². The van der Waals surface area contributed by atoms with Crippen molar-refractivity contribution in [3.63, 3.8) is 0 Å². The van der Waals surface area contributed by atoms with Crippen LogP contribution in [0.3, 0.4) is 0 Å². The molecule has 112 valence electrons. The van der Waals surface area contributed by atoms with Gasteiger partial charge in [0.1, 0.15) is 5.75 Å². The number of rotatable bonds is 7. The minimum Gasteiger partial charge on any atom is -0.490 e. The molecule has 1 heterocycles. The minimum absolute atomic E-state index is 0.236. The van der Waals surface area contributed by atoms with Crippen LogP contribution < -0.4 is 14.8 Å². The zero-order valence-electron chi connectivity index (χ0n) is 12.8. The molecule has 21 heavy (non-hydrogen) atoms. The Morgan fingerprint density at radius 1 is 1.10 bits per heavy atom. The summed E-state index contributed by atoms with van der Waals surface area (Å²) >= 11 is 0. The Kier molecular flexibility index (Phi) is 5.58. The molecule has 1 unspecified atom stereocenters. The summed E-state index contributed by atoms with van der Waals surface area (Å²) in [5.74, 6) is 2.15. The monoisotopic (exact) mass is 286 g/mol. The Bertz CT molecular complexity index is 555. The standard InChI is InChI=1S/C17H22N2O2/c1-4-18-13(3)15-11-10-14(12-19-15)21-17-9-7-6-8-16(17)20-5-2/h6-13,18H,4-5H2,1-3H3. The Balaban J connectivity index is 2.10. The molecule has 2 aromatic rings. The summed E-state index contributed by atoms with van der Waals surface area (Å²) < 4.78 is 11.4. The highest BCUT2D eigenvalue weighted by Crippen LogP contribution is 2.31. The number of nitrogens with one attached hydrogen (secondary N) is 1. The third-order valence-electron chi connectivity index (χ3n) is 3.09. The minimum atomic E-state index is 0.236. The number of para-hydroxylation sites is 2. The highest BCUT2D eigenvalue weighted by molar-refractivity contribution is 5.42. The molecular formula is C17H22N2O2. The molecule has 4 nitrogen and oxygen atoms in total. The summed E-state index contributed by atoms with van der Waals surface area (Å²) in [5.41, 5.74) is 1.00. The van der Waals surface area contributed by atoms with Gasteiger partial charge in [0.2, 0.25) is 0 Å². The first-order valence-electron chi connectivity index (χ1n) is 7.33. The van der Waals surface area contributed by atoms with Gasteiger partial charge in [-0.2, -0.15) is 0 Å². The average Bonchev–Trinajstić information content (AvgIpc) is 2.50. The molecule has 0 aliphatic heterocycles. The summed E-state index contributed by atoms with van der Waals surface area (Å²) in [7, 11) is 0. The maximum atomic E-state index is 5.85. The second-order valence-corrected chi connectivity index (χ2v) is 4.68. The Morgan fingerprint density at radius 3 is 2.48 bits per heavy atom. The van der Waals surface area contributed by atoms with Crippen molar-refractivity contribution >= 4 is 0 Å². The van der Waals surface area contributed by atoms with E-state index in [2.05, 4.69) is 24.1 Å². The fourth-order valence-corrected chi connectivity index (χ4v) is 2.06. The topological polar surface area (TPSA) is 43.4 Å². The fraction of sp³-hybridized carbons (Fsp3) is 0.353. The second-order valence-electron chi connectivity index (χ2n) is 4.68. The number of benzene rings is 1. The van der Waals surface area contributed by atoms with E-state index in [1.165, 1.54) is 0 Å². The summed E-state index contributed by atoms with van der Waals surface area (Å²) in [6.07, 6.45) is 1.74. The lowest BCUT2D eigenvalue weighted by Crippen LogP contribution is -2.18. The fourth-order valence-electron chi connectivity index (χ4n) is 2.06. The van der Waals surface area contributed by atoms with Crippen molar-refractivity contribution in [3.8, 4) is 17.2 Å². The van der Waals surface area contributed by atoms with Crippen LogP contribution in [0.1, 0.15) is 32.5 Å². The van der Waals surface area contributed by atoms with Gasteiger partial charge in [0, 0.05) is 6.04 Å².